The first-order valence-electron chi connectivity index (χ1n) is 10.6. The van der Waals surface area contributed by atoms with Gasteiger partial charge in [0.25, 0.3) is 0 Å². The molecule has 7 nitrogen and oxygen atoms in total. The number of amides is 1. The molecule has 7 heteroatoms. The van der Waals surface area contributed by atoms with E-state index >= 15 is 0 Å². The van der Waals surface area contributed by atoms with Gasteiger partial charge in [0.1, 0.15) is 5.82 Å². The van der Waals surface area contributed by atoms with Crippen molar-refractivity contribution in [3.8, 4) is 0 Å². The highest BCUT2D eigenvalue weighted by Gasteiger charge is 2.25. The number of benzene rings is 1. The SMILES string of the molecule is CN(N)/C=C/c1ccc2cnc(NC(=O)C3CCN(Cc4ccccn4)CC3)cc2c1. The van der Waals surface area contributed by atoms with Crippen molar-refractivity contribution < 1.29 is 4.79 Å². The molecule has 3 N–H and O–H groups in total. The van der Waals surface area contributed by atoms with E-state index in [-0.39, 0.29) is 11.8 Å². The second-order valence-corrected chi connectivity index (χ2v) is 8.02. The lowest BCUT2D eigenvalue weighted by Crippen LogP contribution is -2.38. The molecule has 4 rings (SSSR count). The van der Waals surface area contributed by atoms with Crippen LogP contribution in [0.1, 0.15) is 24.1 Å². The number of hydrogen-bond acceptors (Lipinski definition) is 6. The molecule has 1 aliphatic heterocycles. The van der Waals surface area contributed by atoms with Gasteiger partial charge in [0.05, 0.1) is 5.69 Å². The Morgan fingerprint density at radius 2 is 2.03 bits per heavy atom. The van der Waals surface area contributed by atoms with Crippen molar-refractivity contribution in [3.63, 3.8) is 0 Å². The predicted octanol–water partition coefficient (Wildman–Crippen LogP) is 3.26. The van der Waals surface area contributed by atoms with Gasteiger partial charge in [0, 0.05) is 43.5 Å². The van der Waals surface area contributed by atoms with Gasteiger partial charge in [-0.05, 0) is 67.2 Å². The third kappa shape index (κ3) is 5.65. The minimum Gasteiger partial charge on any atom is -0.321 e. The number of nitrogens with one attached hydrogen (secondary N) is 1. The van der Waals surface area contributed by atoms with Crippen molar-refractivity contribution in [2.24, 2.45) is 11.8 Å². The fourth-order valence-corrected chi connectivity index (χ4v) is 3.84. The van der Waals surface area contributed by atoms with Gasteiger partial charge >= 0.3 is 0 Å². The molecule has 0 aliphatic carbocycles. The van der Waals surface area contributed by atoms with Crippen LogP contribution in [0.4, 0.5) is 5.82 Å². The van der Waals surface area contributed by atoms with Crippen LogP contribution in [-0.2, 0) is 11.3 Å². The molecule has 160 valence electrons. The van der Waals surface area contributed by atoms with Gasteiger partial charge in [-0.25, -0.2) is 10.8 Å². The van der Waals surface area contributed by atoms with Crippen molar-refractivity contribution in [1.82, 2.24) is 19.9 Å². The van der Waals surface area contributed by atoms with E-state index in [1.807, 2.05) is 48.7 Å². The van der Waals surface area contributed by atoms with E-state index in [0.29, 0.717) is 5.82 Å². The summed E-state index contributed by atoms with van der Waals surface area (Å²) in [5, 5.41) is 6.57. The van der Waals surface area contributed by atoms with E-state index < -0.39 is 0 Å². The summed E-state index contributed by atoms with van der Waals surface area (Å²) >= 11 is 0. The summed E-state index contributed by atoms with van der Waals surface area (Å²) in [6.45, 7) is 2.62. The summed E-state index contributed by atoms with van der Waals surface area (Å²) in [5.74, 6) is 6.27. The summed E-state index contributed by atoms with van der Waals surface area (Å²) < 4.78 is 0. The maximum Gasteiger partial charge on any atom is 0.228 e. The standard InChI is InChI=1S/C24H28N6O/c1-29(25)11-7-18-5-6-20-16-27-23(15-21(20)14-18)28-24(31)19-8-12-30(13-9-19)17-22-4-2-3-10-26-22/h2-7,10-11,14-16,19H,8-9,12-13,17,25H2,1H3,(H,27,28,31)/b11-7+. The monoisotopic (exact) mass is 416 g/mol. The van der Waals surface area contributed by atoms with Crippen LogP contribution >= 0.6 is 0 Å². The predicted molar refractivity (Wildman–Crippen MR) is 124 cm³/mol. The fourth-order valence-electron chi connectivity index (χ4n) is 3.84. The Hall–Kier alpha value is -3.29. The quantitative estimate of drug-likeness (QED) is 0.474. The van der Waals surface area contributed by atoms with E-state index in [9.17, 15) is 4.79 Å². The number of carbonyl (C=O) groups is 1. The molecule has 3 aromatic rings. The lowest BCUT2D eigenvalue weighted by atomic mass is 9.95. The molecule has 31 heavy (non-hydrogen) atoms. The molecule has 1 aliphatic rings. The molecule has 1 fully saturated rings. The van der Waals surface area contributed by atoms with Crippen LogP contribution in [0.15, 0.2) is 61.1 Å². The highest BCUT2D eigenvalue weighted by Crippen LogP contribution is 2.23. The Morgan fingerprint density at radius 3 is 2.77 bits per heavy atom. The number of nitrogens with zero attached hydrogens (tertiary/aromatic N) is 4. The van der Waals surface area contributed by atoms with Crippen LogP contribution in [0.2, 0.25) is 0 Å². The summed E-state index contributed by atoms with van der Waals surface area (Å²) in [6, 6.07) is 14.0. The molecule has 0 unspecified atom stereocenters. The van der Waals surface area contributed by atoms with E-state index in [2.05, 4.69) is 26.3 Å². The number of hydrazine groups is 1. The minimum atomic E-state index is 0.00633. The number of anilines is 1. The van der Waals surface area contributed by atoms with E-state index in [4.69, 9.17) is 5.84 Å². The second kappa shape index (κ2) is 9.68. The second-order valence-electron chi connectivity index (χ2n) is 8.02. The Morgan fingerprint density at radius 1 is 1.19 bits per heavy atom. The third-order valence-electron chi connectivity index (χ3n) is 5.57. The number of carbonyl (C=O) groups excluding carboxylic acids is 1. The van der Waals surface area contributed by atoms with Gasteiger partial charge in [0.15, 0.2) is 0 Å². The van der Waals surface area contributed by atoms with Crippen LogP contribution in [0.25, 0.3) is 16.8 Å². The molecule has 1 saturated heterocycles. The number of hydrogen-bond donors (Lipinski definition) is 2. The Labute approximate surface area is 182 Å². The fraction of sp³-hybridized carbons (Fsp3) is 0.292. The lowest BCUT2D eigenvalue weighted by Gasteiger charge is -2.30. The van der Waals surface area contributed by atoms with E-state index in [1.165, 1.54) is 5.01 Å². The Balaban J connectivity index is 1.36. The van der Waals surface area contributed by atoms with Crippen LogP contribution in [0, 0.1) is 5.92 Å². The molecule has 1 amide bonds. The van der Waals surface area contributed by atoms with Crippen molar-refractivity contribution >= 4 is 28.6 Å². The van der Waals surface area contributed by atoms with E-state index in [0.717, 1.165) is 54.5 Å². The highest BCUT2D eigenvalue weighted by atomic mass is 16.1. The first kappa shape index (κ1) is 21.0. The normalized spacial score (nSPS) is 15.4. The Bertz CT molecular complexity index is 1060. The number of pyridine rings is 2. The number of aromatic nitrogens is 2. The average molecular weight is 417 g/mol. The first-order chi connectivity index (χ1) is 15.1. The smallest absolute Gasteiger partial charge is 0.228 e. The van der Waals surface area contributed by atoms with Crippen LogP contribution in [0.5, 0.6) is 0 Å². The third-order valence-corrected chi connectivity index (χ3v) is 5.57. The number of rotatable bonds is 6. The summed E-state index contributed by atoms with van der Waals surface area (Å²) in [5.41, 5.74) is 2.10. The van der Waals surface area contributed by atoms with Gasteiger partial charge in [-0.1, -0.05) is 18.2 Å². The molecular formula is C24H28N6O. The zero-order chi connectivity index (χ0) is 21.6. The topological polar surface area (TPSA) is 87.4 Å². The number of nitrogens with two attached hydrogens (primary N) is 1. The molecule has 3 heterocycles. The van der Waals surface area contributed by atoms with Crippen molar-refractivity contribution in [3.05, 3.63) is 72.3 Å². The number of likely N-dealkylation sites (tertiary alicyclic amines) is 1. The molecule has 0 bridgehead atoms. The van der Waals surface area contributed by atoms with Gasteiger partial charge in [-0.15, -0.1) is 0 Å². The van der Waals surface area contributed by atoms with Crippen molar-refractivity contribution in [1.29, 1.82) is 0 Å². The van der Waals surface area contributed by atoms with E-state index in [1.54, 1.807) is 19.4 Å². The molecule has 2 aromatic heterocycles. The first-order valence-corrected chi connectivity index (χ1v) is 10.6. The summed E-state index contributed by atoms with van der Waals surface area (Å²) in [7, 11) is 1.78. The summed E-state index contributed by atoms with van der Waals surface area (Å²) in [6.07, 6.45) is 9.04. The van der Waals surface area contributed by atoms with Crippen molar-refractivity contribution in [2.75, 3.05) is 25.5 Å². The van der Waals surface area contributed by atoms with Crippen LogP contribution in [0.3, 0.4) is 0 Å². The average Bonchev–Trinajstić information content (AvgIpc) is 2.78. The molecule has 0 spiro atoms. The summed E-state index contributed by atoms with van der Waals surface area (Å²) in [4.78, 5) is 24.0. The molecule has 0 atom stereocenters. The molecule has 1 aromatic carbocycles. The molecule has 0 saturated carbocycles. The van der Waals surface area contributed by atoms with Gasteiger partial charge in [-0.3, -0.25) is 14.7 Å². The number of piperidine rings is 1. The van der Waals surface area contributed by atoms with Crippen LogP contribution in [-0.4, -0.2) is 45.9 Å². The molecule has 0 radical (unpaired) electrons. The van der Waals surface area contributed by atoms with Gasteiger partial charge < -0.3 is 10.3 Å². The van der Waals surface area contributed by atoms with Crippen LogP contribution < -0.4 is 11.2 Å². The Kier molecular flexibility index (Phi) is 6.54. The maximum atomic E-state index is 12.8. The zero-order valence-electron chi connectivity index (χ0n) is 17.7. The zero-order valence-corrected chi connectivity index (χ0v) is 17.7. The minimum absolute atomic E-state index is 0.00633. The number of fused-ring (bicyclic) bond motifs is 1. The van der Waals surface area contributed by atoms with Gasteiger partial charge in [0.2, 0.25) is 5.91 Å². The lowest BCUT2D eigenvalue weighted by molar-refractivity contribution is -0.121. The maximum absolute atomic E-state index is 12.8. The largest absolute Gasteiger partial charge is 0.321 e. The molecular weight excluding hydrogens is 388 g/mol. The van der Waals surface area contributed by atoms with Gasteiger partial charge in [-0.2, -0.15) is 0 Å². The highest BCUT2D eigenvalue weighted by molar-refractivity contribution is 5.94. The van der Waals surface area contributed by atoms with Crippen molar-refractivity contribution in [2.45, 2.75) is 19.4 Å².